The number of allylic oxidation sites excluding steroid dienone is 1. The van der Waals surface area contributed by atoms with Crippen LogP contribution in [-0.2, 0) is 17.8 Å². The minimum absolute atomic E-state index is 0.113. The van der Waals surface area contributed by atoms with Crippen LogP contribution in [0.5, 0.6) is 11.5 Å². The first kappa shape index (κ1) is 18.7. The first-order valence-corrected chi connectivity index (χ1v) is 10.3. The number of para-hydroxylation sites is 1. The summed E-state index contributed by atoms with van der Waals surface area (Å²) >= 11 is 0. The van der Waals surface area contributed by atoms with Gasteiger partial charge < -0.3 is 19.7 Å². The molecule has 30 heavy (non-hydrogen) atoms. The highest BCUT2D eigenvalue weighted by Crippen LogP contribution is 2.35. The summed E-state index contributed by atoms with van der Waals surface area (Å²) < 4.78 is 12.0. The summed E-state index contributed by atoms with van der Waals surface area (Å²) in [5, 5.41) is 2.77. The molecule has 0 radical (unpaired) electrons. The number of fused-ring (bicyclic) bond motifs is 2. The van der Waals surface area contributed by atoms with Gasteiger partial charge in [-0.25, -0.2) is 0 Å². The molecule has 154 valence electrons. The summed E-state index contributed by atoms with van der Waals surface area (Å²) in [6.07, 6.45) is 2.19. The van der Waals surface area contributed by atoms with Crippen molar-refractivity contribution in [3.8, 4) is 11.5 Å². The zero-order valence-electron chi connectivity index (χ0n) is 16.7. The summed E-state index contributed by atoms with van der Waals surface area (Å²) in [7, 11) is 0. The van der Waals surface area contributed by atoms with Gasteiger partial charge in [0.05, 0.1) is 19.8 Å². The third-order valence-electron chi connectivity index (χ3n) is 6.08. The number of benzene rings is 2. The highest BCUT2D eigenvalue weighted by Gasteiger charge is 2.39. The van der Waals surface area contributed by atoms with Crippen LogP contribution in [0.15, 0.2) is 54.7 Å². The standard InChI is InChI=1S/C24H24N2O4/c1-15-9-10-20(23(27)25-15)26-12-19-18(24(26)28)6-4-8-22(19)30-14-16-11-17-5-2-3-7-21(17)29-13-16/h2-8,16,20H,1,9-14H2,(H,25,27). The van der Waals surface area contributed by atoms with Crippen molar-refractivity contribution in [3.05, 3.63) is 71.4 Å². The predicted octanol–water partition coefficient (Wildman–Crippen LogP) is 3.06. The van der Waals surface area contributed by atoms with Crippen molar-refractivity contribution in [2.24, 2.45) is 5.92 Å². The molecule has 2 atom stereocenters. The van der Waals surface area contributed by atoms with Crippen LogP contribution in [0.3, 0.4) is 0 Å². The van der Waals surface area contributed by atoms with Crippen LogP contribution in [0.2, 0.25) is 0 Å². The molecule has 2 aromatic carbocycles. The van der Waals surface area contributed by atoms with Crippen LogP contribution >= 0.6 is 0 Å². The second-order valence-electron chi connectivity index (χ2n) is 8.16. The van der Waals surface area contributed by atoms with E-state index in [0.717, 1.165) is 17.7 Å². The molecule has 0 saturated carbocycles. The number of nitrogens with zero attached hydrogens (tertiary/aromatic N) is 1. The number of hydrogen-bond acceptors (Lipinski definition) is 4. The lowest BCUT2D eigenvalue weighted by Gasteiger charge is -2.31. The first-order chi connectivity index (χ1) is 14.6. The summed E-state index contributed by atoms with van der Waals surface area (Å²) in [4.78, 5) is 27.0. The van der Waals surface area contributed by atoms with Crippen molar-refractivity contribution in [2.75, 3.05) is 13.2 Å². The highest BCUT2D eigenvalue weighted by atomic mass is 16.5. The molecule has 3 heterocycles. The molecule has 5 rings (SSSR count). The lowest BCUT2D eigenvalue weighted by atomic mass is 9.97. The second-order valence-corrected chi connectivity index (χ2v) is 8.16. The number of ether oxygens (including phenoxy) is 2. The summed E-state index contributed by atoms with van der Waals surface area (Å²) in [5.41, 5.74) is 3.38. The van der Waals surface area contributed by atoms with Gasteiger partial charge in [-0.05, 0) is 43.0 Å². The van der Waals surface area contributed by atoms with Gasteiger partial charge >= 0.3 is 0 Å². The van der Waals surface area contributed by atoms with Gasteiger partial charge in [-0.15, -0.1) is 0 Å². The van der Waals surface area contributed by atoms with E-state index in [4.69, 9.17) is 9.47 Å². The molecule has 2 amide bonds. The van der Waals surface area contributed by atoms with Crippen LogP contribution in [-0.4, -0.2) is 36.0 Å². The van der Waals surface area contributed by atoms with E-state index in [0.29, 0.717) is 49.6 Å². The predicted molar refractivity (Wildman–Crippen MR) is 111 cm³/mol. The van der Waals surface area contributed by atoms with Crippen molar-refractivity contribution in [1.29, 1.82) is 0 Å². The lowest BCUT2D eigenvalue weighted by Crippen LogP contribution is -2.49. The fourth-order valence-corrected chi connectivity index (χ4v) is 4.48. The Balaban J connectivity index is 1.29. The van der Waals surface area contributed by atoms with Gasteiger partial charge in [-0.3, -0.25) is 9.59 Å². The molecular weight excluding hydrogens is 380 g/mol. The largest absolute Gasteiger partial charge is 0.493 e. The Morgan fingerprint density at radius 1 is 1.17 bits per heavy atom. The number of rotatable bonds is 4. The second kappa shape index (κ2) is 7.52. The van der Waals surface area contributed by atoms with Crippen molar-refractivity contribution >= 4 is 11.8 Å². The molecule has 0 spiro atoms. The normalized spacial score (nSPS) is 22.8. The number of carbonyl (C=O) groups excluding carboxylic acids is 2. The van der Waals surface area contributed by atoms with E-state index in [1.165, 1.54) is 5.56 Å². The van der Waals surface area contributed by atoms with Crippen LogP contribution in [0, 0.1) is 5.92 Å². The zero-order chi connectivity index (χ0) is 20.7. The van der Waals surface area contributed by atoms with Gasteiger partial charge in [0.25, 0.3) is 5.91 Å². The van der Waals surface area contributed by atoms with Gasteiger partial charge in [-0.2, -0.15) is 0 Å². The first-order valence-electron chi connectivity index (χ1n) is 10.3. The Bertz CT molecular complexity index is 1030. The van der Waals surface area contributed by atoms with Gasteiger partial charge in [0.15, 0.2) is 0 Å². The number of hydrogen-bond donors (Lipinski definition) is 1. The molecule has 3 aliphatic rings. The maximum absolute atomic E-state index is 13.0. The zero-order valence-corrected chi connectivity index (χ0v) is 16.7. The fraction of sp³-hybridized carbons (Fsp3) is 0.333. The van der Waals surface area contributed by atoms with Gasteiger partial charge in [0.1, 0.15) is 17.5 Å². The molecule has 6 heteroatoms. The topological polar surface area (TPSA) is 67.9 Å². The Morgan fingerprint density at radius 2 is 2.03 bits per heavy atom. The molecular formula is C24H24N2O4. The van der Waals surface area contributed by atoms with Crippen LogP contribution in [0.25, 0.3) is 0 Å². The number of amides is 2. The maximum atomic E-state index is 13.0. The maximum Gasteiger partial charge on any atom is 0.255 e. The van der Waals surface area contributed by atoms with Crippen molar-refractivity contribution < 1.29 is 19.1 Å². The van der Waals surface area contributed by atoms with E-state index in [9.17, 15) is 9.59 Å². The van der Waals surface area contributed by atoms with E-state index < -0.39 is 6.04 Å². The minimum Gasteiger partial charge on any atom is -0.493 e. The summed E-state index contributed by atoms with van der Waals surface area (Å²) in [6.45, 7) is 5.33. The minimum atomic E-state index is -0.466. The number of piperidine rings is 1. The van der Waals surface area contributed by atoms with E-state index in [-0.39, 0.29) is 17.7 Å². The van der Waals surface area contributed by atoms with E-state index in [1.54, 1.807) is 4.90 Å². The number of carbonyl (C=O) groups is 2. The highest BCUT2D eigenvalue weighted by molar-refractivity contribution is 6.02. The Morgan fingerprint density at radius 3 is 2.90 bits per heavy atom. The fourth-order valence-electron chi connectivity index (χ4n) is 4.48. The van der Waals surface area contributed by atoms with Crippen LogP contribution < -0.4 is 14.8 Å². The van der Waals surface area contributed by atoms with Crippen molar-refractivity contribution in [2.45, 2.75) is 31.8 Å². The molecule has 1 fully saturated rings. The van der Waals surface area contributed by atoms with Gasteiger partial charge in [0, 0.05) is 22.7 Å². The third kappa shape index (κ3) is 3.32. The quantitative estimate of drug-likeness (QED) is 0.851. The van der Waals surface area contributed by atoms with E-state index >= 15 is 0 Å². The van der Waals surface area contributed by atoms with E-state index in [2.05, 4.69) is 18.0 Å². The van der Waals surface area contributed by atoms with E-state index in [1.807, 2.05) is 36.4 Å². The van der Waals surface area contributed by atoms with Gasteiger partial charge in [-0.1, -0.05) is 30.8 Å². The molecule has 0 aliphatic carbocycles. The van der Waals surface area contributed by atoms with Crippen molar-refractivity contribution in [3.63, 3.8) is 0 Å². The smallest absolute Gasteiger partial charge is 0.255 e. The summed E-state index contributed by atoms with van der Waals surface area (Å²) in [6, 6.07) is 13.2. The molecule has 1 saturated heterocycles. The molecule has 3 aliphatic heterocycles. The Hall–Kier alpha value is -3.28. The molecule has 6 nitrogen and oxygen atoms in total. The summed E-state index contributed by atoms with van der Waals surface area (Å²) in [5.74, 6) is 1.64. The molecule has 0 bridgehead atoms. The Kier molecular flexibility index (Phi) is 4.69. The SMILES string of the molecule is C=C1CCC(N2Cc3c(OCC4COc5ccccc5C4)cccc3C2=O)C(=O)N1. The monoisotopic (exact) mass is 404 g/mol. The molecule has 1 N–H and O–H groups in total. The molecule has 2 aromatic rings. The third-order valence-corrected chi connectivity index (χ3v) is 6.08. The number of nitrogens with one attached hydrogen (secondary N) is 1. The van der Waals surface area contributed by atoms with Crippen LogP contribution in [0.1, 0.15) is 34.3 Å². The molecule has 0 aromatic heterocycles. The van der Waals surface area contributed by atoms with Crippen molar-refractivity contribution in [1.82, 2.24) is 10.2 Å². The van der Waals surface area contributed by atoms with Gasteiger partial charge in [0.2, 0.25) is 5.91 Å². The lowest BCUT2D eigenvalue weighted by molar-refractivity contribution is -0.126. The Labute approximate surface area is 175 Å². The average molecular weight is 404 g/mol. The molecule has 2 unspecified atom stereocenters. The van der Waals surface area contributed by atoms with Crippen LogP contribution in [0.4, 0.5) is 0 Å². The average Bonchev–Trinajstić information content (AvgIpc) is 3.09.